The van der Waals surface area contributed by atoms with Gasteiger partial charge in [0.2, 0.25) is 0 Å². The SMILES string of the molecule is Cc1cc(C(=O)Nc2ccc(C(F)(F)F)cc2)ccc1Br. The van der Waals surface area contributed by atoms with E-state index in [9.17, 15) is 18.0 Å². The first-order chi connectivity index (χ1) is 9.77. The van der Waals surface area contributed by atoms with Crippen LogP contribution in [0.2, 0.25) is 0 Å². The molecule has 0 aliphatic carbocycles. The number of rotatable bonds is 2. The van der Waals surface area contributed by atoms with Crippen LogP contribution in [-0.2, 0) is 6.18 Å². The minimum absolute atomic E-state index is 0.313. The van der Waals surface area contributed by atoms with Crippen LogP contribution in [-0.4, -0.2) is 5.91 Å². The fraction of sp³-hybridized carbons (Fsp3) is 0.133. The molecule has 0 saturated carbocycles. The highest BCUT2D eigenvalue weighted by molar-refractivity contribution is 9.10. The molecule has 2 aromatic rings. The number of carbonyl (C=O) groups is 1. The second kappa shape index (κ2) is 5.89. The molecule has 2 rings (SSSR count). The number of amides is 1. The second-order valence-electron chi connectivity index (χ2n) is 4.49. The number of benzene rings is 2. The first kappa shape index (κ1) is 15.6. The number of halogens is 4. The van der Waals surface area contributed by atoms with E-state index in [1.807, 2.05) is 6.92 Å². The quantitative estimate of drug-likeness (QED) is 0.802. The van der Waals surface area contributed by atoms with Crippen molar-refractivity contribution >= 4 is 27.5 Å². The van der Waals surface area contributed by atoms with E-state index in [1.54, 1.807) is 18.2 Å². The third-order valence-corrected chi connectivity index (χ3v) is 3.78. The predicted molar refractivity (Wildman–Crippen MR) is 78.3 cm³/mol. The van der Waals surface area contributed by atoms with Gasteiger partial charge in [0.25, 0.3) is 5.91 Å². The topological polar surface area (TPSA) is 29.1 Å². The molecular formula is C15H11BrF3NO. The lowest BCUT2D eigenvalue weighted by Crippen LogP contribution is -2.12. The van der Waals surface area contributed by atoms with Gasteiger partial charge >= 0.3 is 6.18 Å². The lowest BCUT2D eigenvalue weighted by molar-refractivity contribution is -0.137. The van der Waals surface area contributed by atoms with E-state index in [4.69, 9.17) is 0 Å². The predicted octanol–water partition coefficient (Wildman–Crippen LogP) is 5.03. The molecule has 2 aromatic carbocycles. The number of hydrogen-bond acceptors (Lipinski definition) is 1. The van der Waals surface area contributed by atoms with Gasteiger partial charge in [-0.05, 0) is 55.0 Å². The summed E-state index contributed by atoms with van der Waals surface area (Å²) in [5.74, 6) is -0.370. The van der Waals surface area contributed by atoms with Crippen molar-refractivity contribution < 1.29 is 18.0 Å². The molecule has 0 bridgehead atoms. The van der Waals surface area contributed by atoms with E-state index in [1.165, 1.54) is 12.1 Å². The Labute approximate surface area is 128 Å². The Balaban J connectivity index is 2.14. The molecule has 1 N–H and O–H groups in total. The van der Waals surface area contributed by atoms with E-state index < -0.39 is 11.7 Å². The number of alkyl halides is 3. The second-order valence-corrected chi connectivity index (χ2v) is 5.35. The first-order valence-corrected chi connectivity index (χ1v) is 6.81. The largest absolute Gasteiger partial charge is 0.416 e. The van der Waals surface area contributed by atoms with Gasteiger partial charge in [0.05, 0.1) is 5.56 Å². The Morgan fingerprint density at radius 3 is 2.24 bits per heavy atom. The molecule has 6 heteroatoms. The first-order valence-electron chi connectivity index (χ1n) is 6.02. The summed E-state index contributed by atoms with van der Waals surface area (Å²) in [6.07, 6.45) is -4.38. The van der Waals surface area contributed by atoms with Crippen molar-refractivity contribution in [1.29, 1.82) is 0 Å². The van der Waals surface area contributed by atoms with Crippen LogP contribution in [0.4, 0.5) is 18.9 Å². The van der Waals surface area contributed by atoms with Gasteiger partial charge in [0.1, 0.15) is 0 Å². The van der Waals surface area contributed by atoms with Crippen molar-refractivity contribution in [2.75, 3.05) is 5.32 Å². The molecule has 0 aliphatic rings. The van der Waals surface area contributed by atoms with Crippen molar-refractivity contribution in [3.8, 4) is 0 Å². The lowest BCUT2D eigenvalue weighted by Gasteiger charge is -2.09. The third-order valence-electron chi connectivity index (χ3n) is 2.89. The molecule has 0 saturated heterocycles. The smallest absolute Gasteiger partial charge is 0.322 e. The maximum Gasteiger partial charge on any atom is 0.416 e. The standard InChI is InChI=1S/C15H11BrF3NO/c1-9-8-10(2-7-13(9)16)14(21)20-12-5-3-11(4-6-12)15(17,18)19/h2-8H,1H3,(H,20,21). The van der Waals surface area contributed by atoms with Gasteiger partial charge in [-0.15, -0.1) is 0 Å². The van der Waals surface area contributed by atoms with E-state index in [2.05, 4.69) is 21.2 Å². The van der Waals surface area contributed by atoms with Crippen molar-refractivity contribution in [3.05, 3.63) is 63.6 Å². The molecule has 2 nitrogen and oxygen atoms in total. The van der Waals surface area contributed by atoms with E-state index in [-0.39, 0.29) is 5.91 Å². The Hall–Kier alpha value is -1.82. The summed E-state index contributed by atoms with van der Waals surface area (Å²) in [5.41, 5.74) is 0.902. The van der Waals surface area contributed by atoms with E-state index >= 15 is 0 Å². The number of nitrogens with one attached hydrogen (secondary N) is 1. The lowest BCUT2D eigenvalue weighted by atomic mass is 10.1. The van der Waals surface area contributed by atoms with Gasteiger partial charge in [0.15, 0.2) is 0 Å². The summed E-state index contributed by atoms with van der Waals surface area (Å²) in [7, 11) is 0. The Morgan fingerprint density at radius 2 is 1.71 bits per heavy atom. The molecule has 0 aromatic heterocycles. The molecule has 0 spiro atoms. The summed E-state index contributed by atoms with van der Waals surface area (Å²) in [4.78, 5) is 12.0. The van der Waals surface area contributed by atoms with Crippen molar-refractivity contribution in [2.24, 2.45) is 0 Å². The van der Waals surface area contributed by atoms with Crippen LogP contribution in [0.1, 0.15) is 21.5 Å². The highest BCUT2D eigenvalue weighted by atomic mass is 79.9. The number of anilines is 1. The van der Waals surface area contributed by atoms with E-state index in [0.717, 1.165) is 22.2 Å². The van der Waals surface area contributed by atoms with Crippen LogP contribution in [0.15, 0.2) is 46.9 Å². The minimum atomic E-state index is -4.38. The molecule has 0 unspecified atom stereocenters. The van der Waals surface area contributed by atoms with Crippen molar-refractivity contribution in [3.63, 3.8) is 0 Å². The molecule has 110 valence electrons. The van der Waals surface area contributed by atoms with Gasteiger partial charge in [-0.25, -0.2) is 0 Å². The van der Waals surface area contributed by atoms with Gasteiger partial charge in [-0.2, -0.15) is 13.2 Å². The van der Waals surface area contributed by atoms with Gasteiger partial charge in [-0.3, -0.25) is 4.79 Å². The average molecular weight is 358 g/mol. The van der Waals surface area contributed by atoms with Crippen LogP contribution in [0.3, 0.4) is 0 Å². The molecule has 0 atom stereocenters. The number of hydrogen-bond donors (Lipinski definition) is 1. The highest BCUT2D eigenvalue weighted by Gasteiger charge is 2.29. The highest BCUT2D eigenvalue weighted by Crippen LogP contribution is 2.29. The van der Waals surface area contributed by atoms with Crippen LogP contribution >= 0.6 is 15.9 Å². The number of carbonyl (C=O) groups excluding carboxylic acids is 1. The summed E-state index contributed by atoms with van der Waals surface area (Å²) < 4.78 is 38.2. The molecular weight excluding hydrogens is 347 g/mol. The monoisotopic (exact) mass is 357 g/mol. The molecule has 1 amide bonds. The summed E-state index contributed by atoms with van der Waals surface area (Å²) in [6, 6.07) is 9.40. The maximum atomic E-state index is 12.4. The average Bonchev–Trinajstić information content (AvgIpc) is 2.41. The van der Waals surface area contributed by atoms with Gasteiger partial charge < -0.3 is 5.32 Å². The van der Waals surface area contributed by atoms with Gasteiger partial charge in [-0.1, -0.05) is 15.9 Å². The van der Waals surface area contributed by atoms with Gasteiger partial charge in [0, 0.05) is 15.7 Å². The van der Waals surface area contributed by atoms with Crippen LogP contribution in [0, 0.1) is 6.92 Å². The van der Waals surface area contributed by atoms with Crippen molar-refractivity contribution in [2.45, 2.75) is 13.1 Å². The van der Waals surface area contributed by atoms with Crippen LogP contribution in [0.5, 0.6) is 0 Å². The molecule has 0 radical (unpaired) electrons. The maximum absolute atomic E-state index is 12.4. The Morgan fingerprint density at radius 1 is 1.10 bits per heavy atom. The Kier molecular flexibility index (Phi) is 4.37. The fourth-order valence-electron chi connectivity index (χ4n) is 1.73. The minimum Gasteiger partial charge on any atom is -0.322 e. The molecule has 21 heavy (non-hydrogen) atoms. The zero-order chi connectivity index (χ0) is 15.6. The van der Waals surface area contributed by atoms with Crippen LogP contribution in [0.25, 0.3) is 0 Å². The molecule has 0 aliphatic heterocycles. The van der Waals surface area contributed by atoms with Crippen molar-refractivity contribution in [1.82, 2.24) is 0 Å². The zero-order valence-corrected chi connectivity index (χ0v) is 12.5. The normalized spacial score (nSPS) is 11.3. The summed E-state index contributed by atoms with van der Waals surface area (Å²) in [6.45, 7) is 1.85. The summed E-state index contributed by atoms with van der Waals surface area (Å²) >= 11 is 3.33. The number of aryl methyl sites for hydroxylation is 1. The molecule has 0 heterocycles. The fourth-order valence-corrected chi connectivity index (χ4v) is 1.98. The third kappa shape index (κ3) is 3.85. The molecule has 0 fully saturated rings. The zero-order valence-electron chi connectivity index (χ0n) is 11.0. The van der Waals surface area contributed by atoms with E-state index in [0.29, 0.717) is 11.3 Å². The summed E-state index contributed by atoms with van der Waals surface area (Å²) in [5, 5.41) is 2.56. The van der Waals surface area contributed by atoms with Crippen LogP contribution < -0.4 is 5.32 Å². The Bertz CT molecular complexity index is 666.